The van der Waals surface area contributed by atoms with Gasteiger partial charge in [0.1, 0.15) is 0 Å². The Balaban J connectivity index is 2.56. The van der Waals surface area contributed by atoms with E-state index in [9.17, 15) is 0 Å². The summed E-state index contributed by atoms with van der Waals surface area (Å²) in [5.41, 5.74) is 1.03. The van der Waals surface area contributed by atoms with Gasteiger partial charge in [0.25, 0.3) is 0 Å². The number of nitrogens with zero attached hydrogens (tertiary/aromatic N) is 3. The number of hydrogen-bond acceptors (Lipinski definition) is 2. The topological polar surface area (TPSA) is 30.7 Å². The molecule has 1 aromatic heterocycles. The monoisotopic (exact) mass is 201 g/mol. The van der Waals surface area contributed by atoms with Gasteiger partial charge in [-0.1, -0.05) is 18.6 Å². The molecule has 0 fully saturated rings. The molecule has 0 aliphatic carbocycles. The minimum Gasteiger partial charge on any atom is -0.255 e. The van der Waals surface area contributed by atoms with Crippen LogP contribution in [-0.2, 0) is 13.5 Å². The van der Waals surface area contributed by atoms with Gasteiger partial charge in [-0.25, -0.2) is 0 Å². The fraction of sp³-hybridized carbons (Fsp3) is 0.778. The van der Waals surface area contributed by atoms with Gasteiger partial charge in [0, 0.05) is 18.6 Å². The van der Waals surface area contributed by atoms with Gasteiger partial charge in [0.2, 0.25) is 0 Å². The SMILES string of the molecule is CCC(Cc1cn(C)nn1)C(C)Cl. The molecular formula is C9H16ClN3. The quantitative estimate of drug-likeness (QED) is 0.698. The van der Waals surface area contributed by atoms with E-state index < -0.39 is 0 Å². The van der Waals surface area contributed by atoms with E-state index in [-0.39, 0.29) is 5.38 Å². The average molecular weight is 202 g/mol. The zero-order chi connectivity index (χ0) is 9.84. The standard InChI is InChI=1S/C9H16ClN3/c1-4-8(7(2)10)5-9-6-13(3)12-11-9/h6-8H,4-5H2,1-3H3. The van der Waals surface area contributed by atoms with Crippen LogP contribution >= 0.6 is 11.6 Å². The molecule has 0 radical (unpaired) electrons. The molecule has 0 aromatic carbocycles. The molecule has 3 nitrogen and oxygen atoms in total. The molecule has 0 saturated carbocycles. The predicted octanol–water partition coefficient (Wildman–Crippen LogP) is 2.01. The number of aromatic nitrogens is 3. The highest BCUT2D eigenvalue weighted by atomic mass is 35.5. The minimum absolute atomic E-state index is 0.201. The van der Waals surface area contributed by atoms with Crippen molar-refractivity contribution in [2.45, 2.75) is 32.1 Å². The minimum atomic E-state index is 0.201. The summed E-state index contributed by atoms with van der Waals surface area (Å²) in [6.45, 7) is 4.19. The molecule has 2 atom stereocenters. The van der Waals surface area contributed by atoms with Crippen molar-refractivity contribution in [2.24, 2.45) is 13.0 Å². The molecular weight excluding hydrogens is 186 g/mol. The molecule has 1 heterocycles. The number of hydrogen-bond donors (Lipinski definition) is 0. The van der Waals surface area contributed by atoms with Crippen molar-refractivity contribution in [2.75, 3.05) is 0 Å². The zero-order valence-electron chi connectivity index (χ0n) is 8.37. The normalized spacial score (nSPS) is 15.7. The highest BCUT2D eigenvalue weighted by Gasteiger charge is 2.14. The van der Waals surface area contributed by atoms with Crippen molar-refractivity contribution < 1.29 is 0 Å². The van der Waals surface area contributed by atoms with E-state index in [4.69, 9.17) is 11.6 Å². The molecule has 0 spiro atoms. The second kappa shape index (κ2) is 4.61. The lowest BCUT2D eigenvalue weighted by molar-refractivity contribution is 0.491. The molecule has 74 valence electrons. The Hall–Kier alpha value is -0.570. The first-order valence-corrected chi connectivity index (χ1v) is 5.06. The smallest absolute Gasteiger partial charge is 0.0830 e. The van der Waals surface area contributed by atoms with Crippen LogP contribution in [0.3, 0.4) is 0 Å². The summed E-state index contributed by atoms with van der Waals surface area (Å²) >= 11 is 6.05. The van der Waals surface area contributed by atoms with Crippen LogP contribution in [0.25, 0.3) is 0 Å². The summed E-state index contributed by atoms with van der Waals surface area (Å²) in [7, 11) is 1.88. The molecule has 0 bridgehead atoms. The third kappa shape index (κ3) is 2.99. The van der Waals surface area contributed by atoms with Crippen molar-refractivity contribution in [1.82, 2.24) is 15.0 Å². The predicted molar refractivity (Wildman–Crippen MR) is 53.8 cm³/mol. The van der Waals surface area contributed by atoms with Crippen LogP contribution in [0, 0.1) is 5.92 Å². The van der Waals surface area contributed by atoms with Gasteiger partial charge in [-0.2, -0.15) is 0 Å². The van der Waals surface area contributed by atoms with E-state index in [1.54, 1.807) is 4.68 Å². The molecule has 13 heavy (non-hydrogen) atoms. The second-order valence-corrected chi connectivity index (χ2v) is 4.12. The Kier molecular flexibility index (Phi) is 3.72. The first kappa shape index (κ1) is 10.5. The summed E-state index contributed by atoms with van der Waals surface area (Å²) in [4.78, 5) is 0. The van der Waals surface area contributed by atoms with Crippen LogP contribution in [0.1, 0.15) is 26.0 Å². The van der Waals surface area contributed by atoms with E-state index in [0.717, 1.165) is 18.5 Å². The van der Waals surface area contributed by atoms with Gasteiger partial charge in [0.05, 0.1) is 5.69 Å². The van der Waals surface area contributed by atoms with Crippen LogP contribution in [0.2, 0.25) is 0 Å². The maximum absolute atomic E-state index is 6.05. The second-order valence-electron chi connectivity index (χ2n) is 3.43. The van der Waals surface area contributed by atoms with E-state index in [1.807, 2.05) is 20.2 Å². The summed E-state index contributed by atoms with van der Waals surface area (Å²) in [6.07, 6.45) is 3.96. The lowest BCUT2D eigenvalue weighted by Gasteiger charge is -2.14. The van der Waals surface area contributed by atoms with Crippen molar-refractivity contribution in [1.29, 1.82) is 0 Å². The first-order chi connectivity index (χ1) is 6.13. The van der Waals surface area contributed by atoms with Gasteiger partial charge in [-0.3, -0.25) is 4.68 Å². The molecule has 0 aliphatic heterocycles. The average Bonchev–Trinajstić information content (AvgIpc) is 2.46. The lowest BCUT2D eigenvalue weighted by Crippen LogP contribution is -2.13. The van der Waals surface area contributed by atoms with E-state index in [2.05, 4.69) is 17.2 Å². The molecule has 0 aliphatic rings. The Morgan fingerprint density at radius 2 is 2.31 bits per heavy atom. The summed E-state index contributed by atoms with van der Waals surface area (Å²) in [5, 5.41) is 8.13. The van der Waals surface area contributed by atoms with Crippen LogP contribution < -0.4 is 0 Å². The highest BCUT2D eigenvalue weighted by molar-refractivity contribution is 6.20. The summed E-state index contributed by atoms with van der Waals surface area (Å²) in [6, 6.07) is 0. The number of aryl methyl sites for hydroxylation is 1. The zero-order valence-corrected chi connectivity index (χ0v) is 9.12. The Bertz CT molecular complexity index is 257. The maximum atomic E-state index is 6.05. The molecule has 1 rings (SSSR count). The van der Waals surface area contributed by atoms with E-state index >= 15 is 0 Å². The lowest BCUT2D eigenvalue weighted by atomic mass is 9.97. The van der Waals surface area contributed by atoms with Gasteiger partial charge in [0.15, 0.2) is 0 Å². The molecule has 0 N–H and O–H groups in total. The van der Waals surface area contributed by atoms with Crippen LogP contribution in [0.5, 0.6) is 0 Å². The Morgan fingerprint density at radius 3 is 2.69 bits per heavy atom. The fourth-order valence-electron chi connectivity index (χ4n) is 1.39. The van der Waals surface area contributed by atoms with Gasteiger partial charge in [-0.05, 0) is 19.3 Å². The fourth-order valence-corrected chi connectivity index (χ4v) is 1.66. The van der Waals surface area contributed by atoms with Gasteiger partial charge >= 0.3 is 0 Å². The molecule has 0 saturated heterocycles. The van der Waals surface area contributed by atoms with Crippen molar-refractivity contribution in [3.8, 4) is 0 Å². The third-order valence-electron chi connectivity index (χ3n) is 2.30. The van der Waals surface area contributed by atoms with Crippen LogP contribution in [0.15, 0.2) is 6.20 Å². The van der Waals surface area contributed by atoms with E-state index in [1.165, 1.54) is 0 Å². The molecule has 0 amide bonds. The largest absolute Gasteiger partial charge is 0.255 e. The number of rotatable bonds is 4. The molecule has 1 aromatic rings. The maximum Gasteiger partial charge on any atom is 0.0830 e. The van der Waals surface area contributed by atoms with Crippen molar-refractivity contribution in [3.05, 3.63) is 11.9 Å². The Morgan fingerprint density at radius 1 is 1.62 bits per heavy atom. The summed E-state index contributed by atoms with van der Waals surface area (Å²) < 4.78 is 1.72. The van der Waals surface area contributed by atoms with Crippen LogP contribution in [0.4, 0.5) is 0 Å². The Labute approximate surface area is 84.1 Å². The number of alkyl halides is 1. The van der Waals surface area contributed by atoms with E-state index in [0.29, 0.717) is 5.92 Å². The van der Waals surface area contributed by atoms with Crippen molar-refractivity contribution >= 4 is 11.6 Å². The van der Waals surface area contributed by atoms with Crippen LogP contribution in [-0.4, -0.2) is 20.4 Å². The first-order valence-electron chi connectivity index (χ1n) is 4.62. The van der Waals surface area contributed by atoms with Gasteiger partial charge in [-0.15, -0.1) is 16.7 Å². The number of halogens is 1. The van der Waals surface area contributed by atoms with Gasteiger partial charge < -0.3 is 0 Å². The summed E-state index contributed by atoms with van der Waals surface area (Å²) in [5.74, 6) is 0.498. The molecule has 2 unspecified atom stereocenters. The third-order valence-corrected chi connectivity index (χ3v) is 2.65. The molecule has 4 heteroatoms. The highest BCUT2D eigenvalue weighted by Crippen LogP contribution is 2.18. The van der Waals surface area contributed by atoms with Crippen molar-refractivity contribution in [3.63, 3.8) is 0 Å².